The van der Waals surface area contributed by atoms with Gasteiger partial charge in [0.25, 0.3) is 0 Å². The van der Waals surface area contributed by atoms with Crippen LogP contribution in [0.4, 0.5) is 0 Å². The lowest BCUT2D eigenvalue weighted by atomic mass is 10.1. The molecule has 0 aliphatic rings. The van der Waals surface area contributed by atoms with Gasteiger partial charge >= 0.3 is 5.97 Å². The molecule has 0 spiro atoms. The van der Waals surface area contributed by atoms with Gasteiger partial charge in [0.15, 0.2) is 0 Å². The van der Waals surface area contributed by atoms with Gasteiger partial charge in [-0.05, 0) is 17.7 Å². The molecule has 0 saturated heterocycles. The number of carbonyl (C=O) groups is 1. The third-order valence-electron chi connectivity index (χ3n) is 1.85. The van der Waals surface area contributed by atoms with E-state index < -0.39 is 0 Å². The predicted octanol–water partition coefficient (Wildman–Crippen LogP) is 2.83. The first kappa shape index (κ1) is 12.1. The quantitative estimate of drug-likeness (QED) is 0.501. The number of hydrogen-bond acceptors (Lipinski definition) is 3. The molecule has 0 aliphatic carbocycles. The summed E-state index contributed by atoms with van der Waals surface area (Å²) in [6.45, 7) is 0. The Balaban J connectivity index is 3.03. The Bertz CT molecular complexity index is 388. The van der Waals surface area contributed by atoms with Crippen LogP contribution in [0.15, 0.2) is 29.8 Å². The maximum absolute atomic E-state index is 11.3. The van der Waals surface area contributed by atoms with E-state index in [4.69, 9.17) is 11.6 Å². The number of esters is 1. The first-order chi connectivity index (χ1) is 7.19. The Morgan fingerprint density at radius 1 is 1.53 bits per heavy atom. The van der Waals surface area contributed by atoms with Gasteiger partial charge in [0.1, 0.15) is 0 Å². The predicted molar refractivity (Wildman–Crippen MR) is 65.3 cm³/mol. The zero-order valence-corrected chi connectivity index (χ0v) is 9.89. The zero-order valence-electron chi connectivity index (χ0n) is 8.24. The van der Waals surface area contributed by atoms with Crippen LogP contribution in [0.25, 0.3) is 6.08 Å². The average Bonchev–Trinajstić information content (AvgIpc) is 2.27. The van der Waals surface area contributed by atoms with Crippen LogP contribution in [0.1, 0.15) is 5.56 Å². The standard InChI is InChI=1S/C11H11ClO2S/c1-14-11(13)9(7-15)6-8-4-2-3-5-10(8)12/h2-6,15H,7H2,1H3/b9-6+. The summed E-state index contributed by atoms with van der Waals surface area (Å²) >= 11 is 10.0. The summed E-state index contributed by atoms with van der Waals surface area (Å²) in [7, 11) is 1.34. The van der Waals surface area contributed by atoms with Crippen LogP contribution < -0.4 is 0 Å². The third kappa shape index (κ3) is 3.29. The Kier molecular flexibility index (Phi) is 4.72. The lowest BCUT2D eigenvalue weighted by Crippen LogP contribution is -2.05. The molecule has 0 atom stereocenters. The van der Waals surface area contributed by atoms with Crippen molar-refractivity contribution in [1.29, 1.82) is 0 Å². The minimum atomic E-state index is -0.384. The highest BCUT2D eigenvalue weighted by Gasteiger charge is 2.08. The molecular formula is C11H11ClO2S. The van der Waals surface area contributed by atoms with E-state index in [1.807, 2.05) is 18.2 Å². The smallest absolute Gasteiger partial charge is 0.334 e. The number of halogens is 1. The van der Waals surface area contributed by atoms with Crippen molar-refractivity contribution < 1.29 is 9.53 Å². The first-order valence-electron chi connectivity index (χ1n) is 4.33. The summed E-state index contributed by atoms with van der Waals surface area (Å²) < 4.78 is 4.62. The fraction of sp³-hybridized carbons (Fsp3) is 0.182. The monoisotopic (exact) mass is 242 g/mol. The van der Waals surface area contributed by atoms with Crippen LogP contribution >= 0.6 is 24.2 Å². The molecule has 2 nitrogen and oxygen atoms in total. The van der Waals surface area contributed by atoms with E-state index in [1.54, 1.807) is 12.1 Å². The molecule has 0 unspecified atom stereocenters. The lowest BCUT2D eigenvalue weighted by Gasteiger charge is -2.03. The highest BCUT2D eigenvalue weighted by molar-refractivity contribution is 7.80. The molecule has 0 aromatic heterocycles. The number of ether oxygens (including phenoxy) is 1. The molecule has 0 bridgehead atoms. The number of benzene rings is 1. The molecule has 0 amide bonds. The molecule has 1 rings (SSSR count). The Morgan fingerprint density at radius 2 is 2.20 bits per heavy atom. The molecule has 0 aliphatic heterocycles. The SMILES string of the molecule is COC(=O)/C(=C/c1ccccc1Cl)CS. The lowest BCUT2D eigenvalue weighted by molar-refractivity contribution is -0.135. The molecule has 1 aromatic rings. The minimum absolute atomic E-state index is 0.317. The molecular weight excluding hydrogens is 232 g/mol. The van der Waals surface area contributed by atoms with Crippen molar-refractivity contribution >= 4 is 36.3 Å². The van der Waals surface area contributed by atoms with Crippen molar-refractivity contribution in [2.75, 3.05) is 12.9 Å². The van der Waals surface area contributed by atoms with Crippen molar-refractivity contribution in [3.63, 3.8) is 0 Å². The summed E-state index contributed by atoms with van der Waals surface area (Å²) in [6, 6.07) is 7.28. The molecule has 80 valence electrons. The van der Waals surface area contributed by atoms with Gasteiger partial charge in [0.2, 0.25) is 0 Å². The first-order valence-corrected chi connectivity index (χ1v) is 5.34. The van der Waals surface area contributed by atoms with Gasteiger partial charge in [-0.3, -0.25) is 0 Å². The fourth-order valence-electron chi connectivity index (χ4n) is 1.08. The Hall–Kier alpha value is -0.930. The van der Waals surface area contributed by atoms with Gasteiger partial charge < -0.3 is 4.74 Å². The van der Waals surface area contributed by atoms with Gasteiger partial charge in [-0.15, -0.1) is 0 Å². The number of hydrogen-bond donors (Lipinski definition) is 1. The summed E-state index contributed by atoms with van der Waals surface area (Å²) in [5.74, 6) is -0.0670. The van der Waals surface area contributed by atoms with Crippen LogP contribution in [-0.2, 0) is 9.53 Å². The van der Waals surface area contributed by atoms with Crippen LogP contribution in [0, 0.1) is 0 Å². The van der Waals surface area contributed by atoms with Gasteiger partial charge in [-0.1, -0.05) is 29.8 Å². The molecule has 1 aromatic carbocycles. The van der Waals surface area contributed by atoms with Crippen LogP contribution in [-0.4, -0.2) is 18.8 Å². The molecule has 0 N–H and O–H groups in total. The van der Waals surface area contributed by atoms with E-state index in [9.17, 15) is 4.79 Å². The second kappa shape index (κ2) is 5.83. The fourth-order valence-corrected chi connectivity index (χ4v) is 1.49. The van der Waals surface area contributed by atoms with Crippen LogP contribution in [0.3, 0.4) is 0 Å². The summed E-state index contributed by atoms with van der Waals surface area (Å²) in [5.41, 5.74) is 1.27. The van der Waals surface area contributed by atoms with E-state index >= 15 is 0 Å². The van der Waals surface area contributed by atoms with Gasteiger partial charge in [-0.2, -0.15) is 12.6 Å². The van der Waals surface area contributed by atoms with E-state index in [0.29, 0.717) is 16.3 Å². The molecule has 0 saturated carbocycles. The summed E-state index contributed by atoms with van der Waals surface area (Å²) in [4.78, 5) is 11.3. The molecule has 0 heterocycles. The Labute approximate surface area is 99.3 Å². The topological polar surface area (TPSA) is 26.3 Å². The normalized spacial score (nSPS) is 11.3. The molecule has 15 heavy (non-hydrogen) atoms. The van der Waals surface area contributed by atoms with Crippen LogP contribution in [0.5, 0.6) is 0 Å². The van der Waals surface area contributed by atoms with Crippen LogP contribution in [0.2, 0.25) is 5.02 Å². The number of carbonyl (C=O) groups excluding carboxylic acids is 1. The number of rotatable bonds is 3. The molecule has 0 radical (unpaired) electrons. The summed E-state index contributed by atoms with van der Waals surface area (Å²) in [6.07, 6.45) is 1.68. The van der Waals surface area contributed by atoms with Crippen molar-refractivity contribution in [2.24, 2.45) is 0 Å². The molecule has 0 fully saturated rings. The highest BCUT2D eigenvalue weighted by Crippen LogP contribution is 2.18. The van der Waals surface area contributed by atoms with Crippen molar-refractivity contribution in [3.05, 3.63) is 40.4 Å². The largest absolute Gasteiger partial charge is 0.466 e. The van der Waals surface area contributed by atoms with Crippen molar-refractivity contribution in [2.45, 2.75) is 0 Å². The van der Waals surface area contributed by atoms with Crippen molar-refractivity contribution in [3.8, 4) is 0 Å². The average molecular weight is 243 g/mol. The highest BCUT2D eigenvalue weighted by atomic mass is 35.5. The summed E-state index contributed by atoms with van der Waals surface area (Å²) in [5, 5.41) is 0.598. The second-order valence-corrected chi connectivity index (χ2v) is 3.56. The number of thiol groups is 1. The number of methoxy groups -OCH3 is 1. The van der Waals surface area contributed by atoms with E-state index in [1.165, 1.54) is 7.11 Å². The maximum atomic E-state index is 11.3. The van der Waals surface area contributed by atoms with Crippen molar-refractivity contribution in [1.82, 2.24) is 0 Å². The van der Waals surface area contributed by atoms with E-state index in [-0.39, 0.29) is 5.97 Å². The van der Waals surface area contributed by atoms with Gasteiger partial charge in [0, 0.05) is 16.3 Å². The van der Waals surface area contributed by atoms with Gasteiger partial charge in [0.05, 0.1) is 7.11 Å². The second-order valence-electron chi connectivity index (χ2n) is 2.84. The van der Waals surface area contributed by atoms with Gasteiger partial charge in [-0.25, -0.2) is 4.79 Å². The maximum Gasteiger partial charge on any atom is 0.334 e. The van der Waals surface area contributed by atoms with E-state index in [0.717, 1.165) is 5.56 Å². The third-order valence-corrected chi connectivity index (χ3v) is 2.54. The van der Waals surface area contributed by atoms with E-state index in [2.05, 4.69) is 17.4 Å². The zero-order chi connectivity index (χ0) is 11.3. The molecule has 4 heteroatoms. The minimum Gasteiger partial charge on any atom is -0.466 e. The Morgan fingerprint density at radius 3 is 2.73 bits per heavy atom.